The smallest absolute Gasteiger partial charge is 0.364 e. The second-order valence-corrected chi connectivity index (χ2v) is 23.6. The number of aliphatic hydroxyl groups excluding tert-OH is 23. The predicted octanol–water partition coefficient (Wildman–Crippen LogP) is -18.1. The number of carbonyl (C=O) groups is 3. The average Bonchev–Trinajstić information content (AvgIpc) is 0.744. The first-order valence-corrected chi connectivity index (χ1v) is 29.1. The molecule has 546 valence electrons. The Morgan fingerprint density at radius 2 is 0.830 bits per heavy atom. The molecule has 30 N–H and O–H groups in total. The molecule has 0 saturated carbocycles. The first-order valence-electron chi connectivity index (χ1n) is 29.1. The fourth-order valence-electron chi connectivity index (χ4n) is 11.8. The van der Waals surface area contributed by atoms with E-state index in [1.165, 1.54) is 0 Å². The number of hydrogen-bond acceptors (Lipinski definition) is 41. The molecule has 0 aliphatic carbocycles. The van der Waals surface area contributed by atoms with E-state index < -0.39 is 309 Å². The van der Waals surface area contributed by atoms with Gasteiger partial charge in [0.2, 0.25) is 0 Å². The summed E-state index contributed by atoms with van der Waals surface area (Å²) in [6.45, 7) is -8.97. The summed E-state index contributed by atoms with van der Waals surface area (Å²) in [5.74, 6) is -17.8. The maximum absolute atomic E-state index is 14.1. The molecule has 94 heavy (non-hydrogen) atoms. The largest absolute Gasteiger partial charge is 0.477 e. The number of carboxylic acids is 3. The van der Waals surface area contributed by atoms with E-state index in [4.69, 9.17) is 73.0 Å². The van der Waals surface area contributed by atoms with E-state index in [-0.39, 0.29) is 0 Å². The molecule has 12 unspecified atom stereocenters. The normalized spacial score (nSPS) is 48.0. The molecule has 0 amide bonds. The number of ether oxygens (including phenoxy) is 13. The van der Waals surface area contributed by atoms with Crippen LogP contribution in [0.25, 0.3) is 0 Å². The van der Waals surface area contributed by atoms with Crippen molar-refractivity contribution in [2.24, 2.45) is 11.5 Å². The van der Waals surface area contributed by atoms with Crippen LogP contribution in [0.5, 0.6) is 0 Å². The van der Waals surface area contributed by atoms with Crippen molar-refractivity contribution in [3.05, 3.63) is 0 Å². The lowest BCUT2D eigenvalue weighted by Crippen LogP contribution is -2.71. The fraction of sp³-hybridized carbons (Fsp3) is 0.940. The second kappa shape index (κ2) is 32.0. The van der Waals surface area contributed by atoms with Crippen molar-refractivity contribution in [2.75, 3.05) is 46.2 Å². The molecule has 7 saturated heterocycles. The number of nitrogens with two attached hydrogens (primary N) is 2. The molecule has 44 nitrogen and oxygen atoms in total. The van der Waals surface area contributed by atoms with Crippen LogP contribution in [0.3, 0.4) is 0 Å². The molecule has 0 bridgehead atoms. The Labute approximate surface area is 528 Å². The second-order valence-electron chi connectivity index (χ2n) is 23.6. The molecular formula is C50H84N2O42. The van der Waals surface area contributed by atoms with E-state index in [1.807, 2.05) is 0 Å². The maximum atomic E-state index is 14.1. The Morgan fingerprint density at radius 3 is 1.36 bits per heavy atom. The van der Waals surface area contributed by atoms with Gasteiger partial charge in [-0.25, -0.2) is 14.4 Å². The Hall–Kier alpha value is -3.11. The summed E-state index contributed by atoms with van der Waals surface area (Å²) in [7, 11) is 0. The van der Waals surface area contributed by atoms with Crippen LogP contribution in [0.4, 0.5) is 0 Å². The van der Waals surface area contributed by atoms with Crippen molar-refractivity contribution >= 4 is 17.9 Å². The standard InChI is InChI=1S/C50H84N2O42/c51-21-27(68)24(65)19(84-41(21)75)9-82-42-22(52)28(69)25(66)20(85-42)10-83-48(45(76)77)3-18(91-50(47(80)81)2-17(26(67)37(93-50)15(62)7-56)90-49(46(78)79)1-11(58)23(64)36(92-49)14(61)6-55)39(38(94-48)16(63)8-57)88-44-33(74)40(32(73)35(87-44)13(60)5-54)89-43-31(72)29(70)30(71)34(86-43)12(59)4-53/h11-44,53-75H,1-10,51-52H2,(H,76,77)(H,78,79)(H,80,81)/t11-,12?,13?,14-,15-,16-,17-,18-,19-,20-,21-,22-,23-,24-,25-,26-,27-,28-,29?,30?,31?,32?,33?,34?,35?,36-,37-,38-,39-,40?,41+,42-,43?,44?,48-,49-,50-/m1/s1. The van der Waals surface area contributed by atoms with Gasteiger partial charge in [0.1, 0.15) is 153 Å². The van der Waals surface area contributed by atoms with Crippen molar-refractivity contribution in [1.82, 2.24) is 0 Å². The average molecular weight is 1390 g/mol. The molecule has 0 aromatic heterocycles. The van der Waals surface area contributed by atoms with Crippen LogP contribution in [0.1, 0.15) is 19.3 Å². The summed E-state index contributed by atoms with van der Waals surface area (Å²) in [4.78, 5) is 41.2. The predicted molar refractivity (Wildman–Crippen MR) is 281 cm³/mol. The molecule has 7 rings (SSSR count). The summed E-state index contributed by atoms with van der Waals surface area (Å²) in [6, 6.07) is -3.24. The molecule has 7 aliphatic rings. The van der Waals surface area contributed by atoms with Gasteiger partial charge < -0.3 is 206 Å². The van der Waals surface area contributed by atoms with Crippen LogP contribution in [0.2, 0.25) is 0 Å². The maximum Gasteiger partial charge on any atom is 0.364 e. The Balaban J connectivity index is 1.32. The zero-order valence-corrected chi connectivity index (χ0v) is 49.0. The van der Waals surface area contributed by atoms with Crippen LogP contribution < -0.4 is 11.5 Å². The van der Waals surface area contributed by atoms with Crippen molar-refractivity contribution in [3.8, 4) is 0 Å². The van der Waals surface area contributed by atoms with Gasteiger partial charge in [-0.3, -0.25) is 0 Å². The monoisotopic (exact) mass is 1380 g/mol. The summed E-state index contributed by atoms with van der Waals surface area (Å²) in [6.07, 6.45) is -78.0. The Morgan fingerprint density at radius 1 is 0.404 bits per heavy atom. The van der Waals surface area contributed by atoms with E-state index >= 15 is 0 Å². The molecule has 0 aromatic carbocycles. The lowest BCUT2D eigenvalue weighted by Gasteiger charge is -2.53. The molecule has 7 aliphatic heterocycles. The highest BCUT2D eigenvalue weighted by molar-refractivity contribution is 5.77. The van der Waals surface area contributed by atoms with Crippen molar-refractivity contribution in [2.45, 2.75) is 245 Å². The minimum absolute atomic E-state index is 0.820. The van der Waals surface area contributed by atoms with Gasteiger partial charge in [0.25, 0.3) is 17.4 Å². The van der Waals surface area contributed by atoms with E-state index in [0.717, 1.165) is 0 Å². The molecule has 37 atom stereocenters. The van der Waals surface area contributed by atoms with Gasteiger partial charge in [-0.15, -0.1) is 0 Å². The van der Waals surface area contributed by atoms with Gasteiger partial charge in [-0.2, -0.15) is 0 Å². The minimum atomic E-state index is -3.79. The van der Waals surface area contributed by atoms with E-state index in [0.29, 0.717) is 0 Å². The number of rotatable bonds is 27. The highest BCUT2D eigenvalue weighted by Gasteiger charge is 2.66. The van der Waals surface area contributed by atoms with Crippen LogP contribution in [-0.2, 0) is 76.0 Å². The summed E-state index contributed by atoms with van der Waals surface area (Å²) < 4.78 is 74.0. The molecule has 0 aromatic rings. The van der Waals surface area contributed by atoms with Crippen LogP contribution in [0.15, 0.2) is 0 Å². The minimum Gasteiger partial charge on any atom is -0.477 e. The molecule has 0 radical (unpaired) electrons. The first-order chi connectivity index (χ1) is 44.0. The third-order valence-corrected chi connectivity index (χ3v) is 17.2. The van der Waals surface area contributed by atoms with Crippen LogP contribution >= 0.6 is 0 Å². The van der Waals surface area contributed by atoms with E-state index in [1.54, 1.807) is 0 Å². The third-order valence-electron chi connectivity index (χ3n) is 17.2. The fourth-order valence-corrected chi connectivity index (χ4v) is 11.8. The molecule has 7 heterocycles. The zero-order chi connectivity index (χ0) is 70.1. The molecule has 44 heteroatoms. The van der Waals surface area contributed by atoms with Gasteiger partial charge in [-0.1, -0.05) is 0 Å². The SMILES string of the molecule is N[C@@H]1[C@@H](O)[C@H](O)[C@@H](CO[C@@H]2O[C@H](CO[C@]3(C(=O)O)C[C@@H](O[C@]4(C(=O)O)C[C@@H](O[C@]5(C(=O)O)C[C@@H](O)[C@@H](O)[C@@H]([C@H](O)CO)O5)[C@@H](O)[C@@H]([C@H](O)CO)O4)[C@@H](OC4OC(C(O)CO)C(O)C(OC5OC(C(O)CO)C(O)C(O)C5O)C4O)[C@@H]([C@H](O)CO)O3)[C@@H](O)[C@H](O)[C@H]2N)O[C@@H]1O. The summed E-state index contributed by atoms with van der Waals surface area (Å²) in [5, 5.41) is 281. The summed E-state index contributed by atoms with van der Waals surface area (Å²) >= 11 is 0. The van der Waals surface area contributed by atoms with Gasteiger partial charge in [0, 0.05) is 19.3 Å². The lowest BCUT2D eigenvalue weighted by atomic mass is 9.88. The van der Waals surface area contributed by atoms with Crippen molar-refractivity contribution < 1.29 is 209 Å². The number of hydrogen-bond donors (Lipinski definition) is 28. The number of carboxylic acid groups (broad SMARTS) is 3. The first kappa shape index (κ1) is 78.2. The third kappa shape index (κ3) is 15.9. The Kier molecular flexibility index (Phi) is 26.7. The van der Waals surface area contributed by atoms with Crippen molar-refractivity contribution in [1.29, 1.82) is 0 Å². The van der Waals surface area contributed by atoms with Gasteiger partial charge in [0.05, 0.1) is 76.6 Å². The Bertz CT molecular complexity index is 2450. The van der Waals surface area contributed by atoms with E-state index in [9.17, 15) is 147 Å². The zero-order valence-electron chi connectivity index (χ0n) is 49.0. The molecule has 7 fully saturated rings. The van der Waals surface area contributed by atoms with Crippen LogP contribution in [0, 0.1) is 0 Å². The number of aliphatic carboxylic acids is 3. The van der Waals surface area contributed by atoms with Gasteiger partial charge in [-0.05, 0) is 0 Å². The highest BCUT2D eigenvalue weighted by atomic mass is 16.8. The lowest BCUT2D eigenvalue weighted by molar-refractivity contribution is -0.412. The van der Waals surface area contributed by atoms with Gasteiger partial charge >= 0.3 is 17.9 Å². The highest BCUT2D eigenvalue weighted by Crippen LogP contribution is 2.46. The molecule has 0 spiro atoms. The van der Waals surface area contributed by atoms with Gasteiger partial charge in [0.15, 0.2) is 25.2 Å². The van der Waals surface area contributed by atoms with Crippen molar-refractivity contribution in [3.63, 3.8) is 0 Å². The van der Waals surface area contributed by atoms with E-state index in [2.05, 4.69) is 0 Å². The number of aliphatic hydroxyl groups is 23. The molecular weight excluding hydrogens is 1300 g/mol. The van der Waals surface area contributed by atoms with Crippen LogP contribution in [-0.4, -0.2) is 422 Å². The summed E-state index contributed by atoms with van der Waals surface area (Å²) in [5.41, 5.74) is 11.7. The topological polar surface area (TPSA) is 749 Å². The quantitative estimate of drug-likeness (QED) is 0.0363.